The van der Waals surface area contributed by atoms with Crippen molar-refractivity contribution in [3.05, 3.63) is 69.0 Å². The Kier molecular flexibility index (Phi) is 8.91. The highest BCUT2D eigenvalue weighted by Crippen LogP contribution is 2.29. The SMILES string of the molecule is N/C(=N\O)c1cccc(-c2csc(SCC(=O)NC3CCN(Cc4ccc(Cl)c(Cl)c4)CC3)n2)c1. The van der Waals surface area contributed by atoms with E-state index in [1.807, 2.05) is 41.8 Å². The normalized spacial score (nSPS) is 15.3. The van der Waals surface area contributed by atoms with Gasteiger partial charge in [0.1, 0.15) is 0 Å². The van der Waals surface area contributed by atoms with Crippen LogP contribution >= 0.6 is 46.3 Å². The number of likely N-dealkylation sites (tertiary alicyclic amines) is 1. The van der Waals surface area contributed by atoms with E-state index >= 15 is 0 Å². The monoisotopic (exact) mass is 549 g/mol. The van der Waals surface area contributed by atoms with Gasteiger partial charge in [-0.3, -0.25) is 9.69 Å². The molecule has 35 heavy (non-hydrogen) atoms. The van der Waals surface area contributed by atoms with E-state index in [0.717, 1.165) is 53.6 Å². The first-order chi connectivity index (χ1) is 16.9. The highest BCUT2D eigenvalue weighted by atomic mass is 35.5. The Morgan fingerprint density at radius 2 is 2.03 bits per heavy atom. The fourth-order valence-corrected chi connectivity index (χ4v) is 5.85. The number of thiazole rings is 1. The zero-order valence-electron chi connectivity index (χ0n) is 18.8. The number of nitrogens with two attached hydrogens (primary N) is 1. The maximum absolute atomic E-state index is 12.5. The number of hydrogen-bond acceptors (Lipinski definition) is 7. The van der Waals surface area contributed by atoms with Gasteiger partial charge in [0.2, 0.25) is 5.91 Å². The molecule has 1 amide bonds. The highest BCUT2D eigenvalue weighted by Gasteiger charge is 2.21. The van der Waals surface area contributed by atoms with E-state index in [1.165, 1.54) is 23.1 Å². The number of amides is 1. The maximum Gasteiger partial charge on any atom is 0.230 e. The predicted molar refractivity (Wildman–Crippen MR) is 144 cm³/mol. The third kappa shape index (κ3) is 7.11. The number of thioether (sulfide) groups is 1. The number of oxime groups is 1. The van der Waals surface area contributed by atoms with E-state index in [0.29, 0.717) is 21.4 Å². The van der Waals surface area contributed by atoms with Crippen molar-refractivity contribution in [1.29, 1.82) is 0 Å². The molecule has 0 spiro atoms. The molecular formula is C24H25Cl2N5O2S2. The van der Waals surface area contributed by atoms with E-state index in [9.17, 15) is 4.79 Å². The van der Waals surface area contributed by atoms with Crippen LogP contribution in [0.2, 0.25) is 10.0 Å². The summed E-state index contributed by atoms with van der Waals surface area (Å²) in [7, 11) is 0. The summed E-state index contributed by atoms with van der Waals surface area (Å²) in [5.74, 6) is 0.387. The lowest BCUT2D eigenvalue weighted by Gasteiger charge is -2.32. The molecule has 11 heteroatoms. The smallest absolute Gasteiger partial charge is 0.230 e. The number of benzene rings is 2. The summed E-state index contributed by atoms with van der Waals surface area (Å²) >= 11 is 15.0. The molecule has 0 atom stereocenters. The quantitative estimate of drug-likeness (QED) is 0.119. The molecule has 2 heterocycles. The fourth-order valence-electron chi connectivity index (χ4n) is 3.88. The largest absolute Gasteiger partial charge is 0.409 e. The molecule has 1 saturated heterocycles. The number of halogens is 2. The topological polar surface area (TPSA) is 104 Å². The Morgan fingerprint density at radius 3 is 2.77 bits per heavy atom. The molecule has 184 valence electrons. The van der Waals surface area contributed by atoms with Crippen molar-refractivity contribution in [3.8, 4) is 11.3 Å². The lowest BCUT2D eigenvalue weighted by atomic mass is 10.0. The molecule has 0 unspecified atom stereocenters. The lowest BCUT2D eigenvalue weighted by molar-refractivity contribution is -0.119. The molecule has 0 bridgehead atoms. The molecule has 1 aliphatic heterocycles. The predicted octanol–water partition coefficient (Wildman–Crippen LogP) is 5.08. The lowest BCUT2D eigenvalue weighted by Crippen LogP contribution is -2.44. The van der Waals surface area contributed by atoms with Crippen molar-refractivity contribution in [2.24, 2.45) is 10.9 Å². The van der Waals surface area contributed by atoms with Crippen molar-refractivity contribution < 1.29 is 10.0 Å². The van der Waals surface area contributed by atoms with E-state index in [2.05, 4.69) is 20.4 Å². The van der Waals surface area contributed by atoms with Crippen molar-refractivity contribution in [1.82, 2.24) is 15.2 Å². The molecule has 4 rings (SSSR count). The summed E-state index contributed by atoms with van der Waals surface area (Å²) in [5, 5.41) is 18.2. The first-order valence-corrected chi connectivity index (χ1v) is 13.7. The number of carbonyl (C=O) groups is 1. The molecule has 7 nitrogen and oxygen atoms in total. The van der Waals surface area contributed by atoms with E-state index in [4.69, 9.17) is 34.1 Å². The Labute approximate surface area is 222 Å². The molecule has 0 radical (unpaired) electrons. The number of piperidine rings is 1. The number of carbonyl (C=O) groups excluding carboxylic acids is 1. The van der Waals surface area contributed by atoms with E-state index in [1.54, 1.807) is 6.07 Å². The van der Waals surface area contributed by atoms with Crippen molar-refractivity contribution in [2.45, 2.75) is 29.8 Å². The molecule has 2 aromatic carbocycles. The molecule has 1 aliphatic rings. The Morgan fingerprint density at radius 1 is 1.23 bits per heavy atom. The number of aromatic nitrogens is 1. The molecule has 0 aliphatic carbocycles. The third-order valence-electron chi connectivity index (χ3n) is 5.71. The van der Waals surface area contributed by atoms with Crippen LogP contribution in [0.25, 0.3) is 11.3 Å². The first kappa shape index (κ1) is 25.8. The standard InChI is InChI=1S/C24H25Cl2N5O2S2/c25-19-5-4-15(10-20(19)26)12-31-8-6-18(7-9-31)28-22(32)14-35-24-29-21(13-34-24)16-2-1-3-17(11-16)23(27)30-33/h1-5,10-11,13,18,33H,6-9,12,14H2,(H2,27,30)(H,28,32). The van der Waals surface area contributed by atoms with Crippen LogP contribution < -0.4 is 11.1 Å². The minimum absolute atomic E-state index is 0.0172. The molecule has 1 aromatic heterocycles. The number of nitrogens with one attached hydrogen (secondary N) is 1. The number of amidine groups is 1. The first-order valence-electron chi connectivity index (χ1n) is 11.0. The summed E-state index contributed by atoms with van der Waals surface area (Å²) in [5.41, 5.74) is 9.10. The second kappa shape index (κ2) is 12.1. The summed E-state index contributed by atoms with van der Waals surface area (Å²) < 4.78 is 0.820. The van der Waals surface area contributed by atoms with Gasteiger partial charge < -0.3 is 16.3 Å². The van der Waals surface area contributed by atoms with Gasteiger partial charge in [-0.1, -0.05) is 64.4 Å². The molecular weight excluding hydrogens is 525 g/mol. The molecule has 4 N–H and O–H groups in total. The average molecular weight is 551 g/mol. The summed E-state index contributed by atoms with van der Waals surface area (Å²) in [6.07, 6.45) is 1.82. The Balaban J connectivity index is 1.22. The van der Waals surface area contributed by atoms with Crippen LogP contribution in [-0.2, 0) is 11.3 Å². The van der Waals surface area contributed by atoms with Crippen LogP contribution in [0.1, 0.15) is 24.0 Å². The van der Waals surface area contributed by atoms with Crippen LogP contribution in [0, 0.1) is 0 Å². The molecule has 1 fully saturated rings. The zero-order valence-corrected chi connectivity index (χ0v) is 21.9. The van der Waals surface area contributed by atoms with Gasteiger partial charge in [0.05, 0.1) is 21.5 Å². The van der Waals surface area contributed by atoms with Gasteiger partial charge in [-0.25, -0.2) is 4.98 Å². The van der Waals surface area contributed by atoms with Crippen LogP contribution in [0.3, 0.4) is 0 Å². The van der Waals surface area contributed by atoms with E-state index < -0.39 is 0 Å². The van der Waals surface area contributed by atoms with Crippen LogP contribution in [-0.4, -0.2) is 51.7 Å². The van der Waals surface area contributed by atoms with Crippen LogP contribution in [0.4, 0.5) is 0 Å². The van der Waals surface area contributed by atoms with Gasteiger partial charge in [-0.2, -0.15) is 0 Å². The summed E-state index contributed by atoms with van der Waals surface area (Å²) in [6.45, 7) is 2.65. The van der Waals surface area contributed by atoms with Crippen molar-refractivity contribution in [3.63, 3.8) is 0 Å². The van der Waals surface area contributed by atoms with Crippen LogP contribution in [0.5, 0.6) is 0 Å². The van der Waals surface area contributed by atoms with E-state index in [-0.39, 0.29) is 17.8 Å². The minimum atomic E-state index is 0.0172. The zero-order chi connectivity index (χ0) is 24.8. The second-order valence-corrected chi connectivity index (χ2v) is 11.1. The van der Waals surface area contributed by atoms with Gasteiger partial charge in [0.25, 0.3) is 0 Å². The summed E-state index contributed by atoms with van der Waals surface area (Å²) in [6, 6.07) is 13.3. The average Bonchev–Trinajstić information content (AvgIpc) is 3.35. The number of rotatable bonds is 8. The van der Waals surface area contributed by atoms with Crippen LogP contribution in [0.15, 0.2) is 57.3 Å². The summed E-state index contributed by atoms with van der Waals surface area (Å²) in [4.78, 5) is 19.5. The van der Waals surface area contributed by atoms with Gasteiger partial charge in [0, 0.05) is 42.2 Å². The fraction of sp³-hybridized carbons (Fsp3) is 0.292. The van der Waals surface area contributed by atoms with Gasteiger partial charge in [0.15, 0.2) is 10.2 Å². The van der Waals surface area contributed by atoms with Gasteiger partial charge in [-0.05, 0) is 36.6 Å². The maximum atomic E-state index is 12.5. The second-order valence-electron chi connectivity index (χ2n) is 8.22. The van der Waals surface area contributed by atoms with Gasteiger partial charge >= 0.3 is 0 Å². The highest BCUT2D eigenvalue weighted by molar-refractivity contribution is 8.01. The minimum Gasteiger partial charge on any atom is -0.409 e. The van der Waals surface area contributed by atoms with Gasteiger partial charge in [-0.15, -0.1) is 11.3 Å². The number of nitrogens with zero attached hydrogens (tertiary/aromatic N) is 3. The Bertz CT molecular complexity index is 1210. The molecule has 0 saturated carbocycles. The van der Waals surface area contributed by atoms with Crippen molar-refractivity contribution >= 4 is 58.0 Å². The molecule has 3 aromatic rings. The van der Waals surface area contributed by atoms with Crippen molar-refractivity contribution in [2.75, 3.05) is 18.8 Å². The third-order valence-corrected chi connectivity index (χ3v) is 8.47. The number of hydrogen-bond donors (Lipinski definition) is 3. The Hall–Kier alpha value is -2.30.